The maximum Gasteiger partial charge on any atom is 0.164 e. The molecule has 0 aliphatic heterocycles. The summed E-state index contributed by atoms with van der Waals surface area (Å²) in [6.07, 6.45) is 0. The maximum absolute atomic E-state index is 6.49. The fourth-order valence-electron chi connectivity index (χ4n) is 6.93. The lowest BCUT2D eigenvalue weighted by molar-refractivity contribution is 0.660. The minimum absolute atomic E-state index is 0.121. The van der Waals surface area contributed by atoms with Crippen LogP contribution in [0.5, 0.6) is 0 Å². The molecule has 0 amide bonds. The second-order valence-corrected chi connectivity index (χ2v) is 12.0. The molecule has 1 aliphatic carbocycles. The van der Waals surface area contributed by atoms with Gasteiger partial charge in [-0.15, -0.1) is 0 Å². The highest BCUT2D eigenvalue weighted by atomic mass is 16.3. The summed E-state index contributed by atoms with van der Waals surface area (Å²) in [5, 5.41) is 4.30. The second kappa shape index (κ2) is 9.19. The maximum atomic E-state index is 6.49. The van der Waals surface area contributed by atoms with Gasteiger partial charge < -0.3 is 4.42 Å². The van der Waals surface area contributed by atoms with E-state index in [1.807, 2.05) is 42.5 Å². The van der Waals surface area contributed by atoms with Crippen molar-refractivity contribution in [3.63, 3.8) is 0 Å². The van der Waals surface area contributed by atoms with E-state index >= 15 is 0 Å². The third kappa shape index (κ3) is 3.61. The monoisotopic (exact) mass is 565 g/mol. The molecule has 1 aliphatic rings. The van der Waals surface area contributed by atoms with E-state index in [-0.39, 0.29) is 5.41 Å². The van der Waals surface area contributed by atoms with Crippen molar-refractivity contribution in [1.29, 1.82) is 0 Å². The molecule has 2 heterocycles. The van der Waals surface area contributed by atoms with Crippen LogP contribution in [-0.2, 0) is 5.41 Å². The number of hydrogen-bond donors (Lipinski definition) is 0. The highest BCUT2D eigenvalue weighted by Crippen LogP contribution is 2.49. The molecule has 4 nitrogen and oxygen atoms in total. The van der Waals surface area contributed by atoms with Crippen molar-refractivity contribution < 1.29 is 4.42 Å². The Bertz CT molecular complexity index is 2420. The van der Waals surface area contributed by atoms with Crippen LogP contribution in [0.4, 0.5) is 0 Å². The van der Waals surface area contributed by atoms with Crippen LogP contribution in [-0.4, -0.2) is 15.0 Å². The van der Waals surface area contributed by atoms with Crippen LogP contribution >= 0.6 is 0 Å². The van der Waals surface area contributed by atoms with Crippen LogP contribution in [0.15, 0.2) is 132 Å². The van der Waals surface area contributed by atoms with Gasteiger partial charge in [-0.1, -0.05) is 123 Å². The Morgan fingerprint density at radius 3 is 2.09 bits per heavy atom. The molecule has 8 aromatic rings. The summed E-state index contributed by atoms with van der Waals surface area (Å²) in [5.41, 5.74) is 9.62. The van der Waals surface area contributed by atoms with Crippen molar-refractivity contribution >= 4 is 32.7 Å². The molecule has 0 saturated carbocycles. The Labute approximate surface area is 254 Å². The third-order valence-corrected chi connectivity index (χ3v) is 9.14. The lowest BCUT2D eigenvalue weighted by Gasteiger charge is -2.21. The van der Waals surface area contributed by atoms with E-state index in [9.17, 15) is 0 Å². The number of rotatable bonds is 3. The quantitative estimate of drug-likeness (QED) is 0.214. The topological polar surface area (TPSA) is 51.8 Å². The van der Waals surface area contributed by atoms with Gasteiger partial charge in [0.05, 0.1) is 0 Å². The molecule has 0 atom stereocenters. The molecule has 6 aromatic carbocycles. The molecule has 0 saturated heterocycles. The molecule has 4 heteroatoms. The average molecular weight is 566 g/mol. The Kier molecular flexibility index (Phi) is 5.21. The van der Waals surface area contributed by atoms with Crippen molar-refractivity contribution in [1.82, 2.24) is 15.0 Å². The molecule has 0 bridgehead atoms. The van der Waals surface area contributed by atoms with Crippen LogP contribution in [0.3, 0.4) is 0 Å². The molecule has 208 valence electrons. The highest BCUT2D eigenvalue weighted by molar-refractivity contribution is 6.18. The van der Waals surface area contributed by atoms with Gasteiger partial charge in [0.1, 0.15) is 11.2 Å². The van der Waals surface area contributed by atoms with E-state index in [0.717, 1.165) is 49.4 Å². The van der Waals surface area contributed by atoms with Crippen molar-refractivity contribution in [2.45, 2.75) is 19.3 Å². The first-order valence-electron chi connectivity index (χ1n) is 15.0. The molecule has 0 spiro atoms. The number of benzene rings is 6. The largest absolute Gasteiger partial charge is 0.455 e. The van der Waals surface area contributed by atoms with Gasteiger partial charge in [-0.3, -0.25) is 0 Å². The Balaban J connectivity index is 1.29. The molecule has 0 unspecified atom stereocenters. The van der Waals surface area contributed by atoms with Crippen LogP contribution < -0.4 is 0 Å². The number of aromatic nitrogens is 3. The Morgan fingerprint density at radius 1 is 0.500 bits per heavy atom. The Hall–Kier alpha value is -5.61. The molecule has 44 heavy (non-hydrogen) atoms. The van der Waals surface area contributed by atoms with Gasteiger partial charge in [-0.25, -0.2) is 15.0 Å². The van der Waals surface area contributed by atoms with Gasteiger partial charge in [0, 0.05) is 38.3 Å². The van der Waals surface area contributed by atoms with Crippen molar-refractivity contribution in [2.75, 3.05) is 0 Å². The zero-order valence-corrected chi connectivity index (χ0v) is 24.4. The summed E-state index contributed by atoms with van der Waals surface area (Å²) < 4.78 is 6.49. The van der Waals surface area contributed by atoms with Crippen molar-refractivity contribution in [3.8, 4) is 45.3 Å². The summed E-state index contributed by atoms with van der Waals surface area (Å²) in [4.78, 5) is 15.3. The predicted octanol–water partition coefficient (Wildman–Crippen LogP) is 10.2. The molecule has 0 N–H and O–H groups in total. The zero-order valence-electron chi connectivity index (χ0n) is 24.4. The smallest absolute Gasteiger partial charge is 0.164 e. The fourth-order valence-corrected chi connectivity index (χ4v) is 6.93. The molecule has 2 aromatic heterocycles. The number of hydrogen-bond acceptors (Lipinski definition) is 4. The van der Waals surface area contributed by atoms with E-state index in [1.54, 1.807) is 0 Å². The average Bonchev–Trinajstić information content (AvgIpc) is 3.58. The van der Waals surface area contributed by atoms with Gasteiger partial charge >= 0.3 is 0 Å². The first kappa shape index (κ1) is 24.9. The standard InChI is InChI=1S/C40H27N3O/c1-40(2)32-17-9-8-15-28(32)29-21-20-26(23-33(29)40)38-41-37(25-12-4-3-5-13-25)42-39(43-38)31-16-10-18-34-35(31)30-22-19-24-11-6-7-14-27(24)36(30)44-34/h3-23H,1-2H3. The predicted molar refractivity (Wildman–Crippen MR) is 178 cm³/mol. The van der Waals surface area contributed by atoms with Crippen molar-refractivity contribution in [2.24, 2.45) is 0 Å². The molecular weight excluding hydrogens is 538 g/mol. The van der Waals surface area contributed by atoms with Gasteiger partial charge in [0.25, 0.3) is 0 Å². The lowest BCUT2D eigenvalue weighted by Crippen LogP contribution is -2.15. The van der Waals surface area contributed by atoms with Crippen LogP contribution in [0.2, 0.25) is 0 Å². The lowest BCUT2D eigenvalue weighted by atomic mass is 9.82. The number of nitrogens with zero attached hydrogens (tertiary/aromatic N) is 3. The van der Waals surface area contributed by atoms with E-state index in [0.29, 0.717) is 17.5 Å². The highest BCUT2D eigenvalue weighted by Gasteiger charge is 2.35. The van der Waals surface area contributed by atoms with Crippen molar-refractivity contribution in [3.05, 3.63) is 139 Å². The van der Waals surface area contributed by atoms with Gasteiger partial charge in [0.15, 0.2) is 17.5 Å². The molecule has 0 fully saturated rings. The first-order valence-corrected chi connectivity index (χ1v) is 15.0. The first-order chi connectivity index (χ1) is 21.6. The number of furan rings is 1. The second-order valence-electron chi connectivity index (χ2n) is 12.0. The minimum Gasteiger partial charge on any atom is -0.455 e. The summed E-state index contributed by atoms with van der Waals surface area (Å²) in [6.45, 7) is 4.59. The number of fused-ring (bicyclic) bond motifs is 8. The molecular formula is C40H27N3O. The van der Waals surface area contributed by atoms with E-state index in [4.69, 9.17) is 19.4 Å². The van der Waals surface area contributed by atoms with E-state index in [2.05, 4.69) is 98.8 Å². The minimum atomic E-state index is -0.121. The summed E-state index contributed by atoms with van der Waals surface area (Å²) in [6, 6.07) is 44.2. The Morgan fingerprint density at radius 2 is 1.20 bits per heavy atom. The summed E-state index contributed by atoms with van der Waals surface area (Å²) >= 11 is 0. The normalized spacial score (nSPS) is 13.4. The third-order valence-electron chi connectivity index (χ3n) is 9.14. The summed E-state index contributed by atoms with van der Waals surface area (Å²) in [7, 11) is 0. The molecule has 9 rings (SSSR count). The SMILES string of the molecule is CC1(C)c2ccccc2-c2ccc(-c3nc(-c4ccccc4)nc(-c4cccc5oc6c7ccccc7ccc6c45)n3)cc21. The van der Waals surface area contributed by atoms with E-state index in [1.165, 1.54) is 22.3 Å². The van der Waals surface area contributed by atoms with Crippen LogP contribution in [0.25, 0.3) is 78.0 Å². The van der Waals surface area contributed by atoms with Gasteiger partial charge in [-0.2, -0.15) is 0 Å². The van der Waals surface area contributed by atoms with Crippen LogP contribution in [0.1, 0.15) is 25.0 Å². The summed E-state index contributed by atoms with van der Waals surface area (Å²) in [5.74, 6) is 1.92. The van der Waals surface area contributed by atoms with E-state index < -0.39 is 0 Å². The van der Waals surface area contributed by atoms with Crippen LogP contribution in [0, 0.1) is 0 Å². The zero-order chi connectivity index (χ0) is 29.4. The van der Waals surface area contributed by atoms with Gasteiger partial charge in [-0.05, 0) is 45.8 Å². The van der Waals surface area contributed by atoms with Gasteiger partial charge in [0.2, 0.25) is 0 Å². The molecule has 0 radical (unpaired) electrons. The fraction of sp³-hybridized carbons (Fsp3) is 0.0750.